The Kier molecular flexibility index (Phi) is 8.75. The predicted molar refractivity (Wildman–Crippen MR) is 55.1 cm³/mol. The maximum Gasteiger partial charge on any atom is 0.303 e. The minimum Gasteiger partial charge on any atom is -0.481 e. The number of carbonyl (C=O) groups excluding carboxylic acids is 1. The van der Waals surface area contributed by atoms with E-state index in [9.17, 15) is 9.59 Å². The van der Waals surface area contributed by atoms with Crippen molar-refractivity contribution in [3.8, 4) is 0 Å². The molecule has 0 rings (SSSR count). The second kappa shape index (κ2) is 9.71. The number of aliphatic carboxylic acids is 1. The van der Waals surface area contributed by atoms with Gasteiger partial charge in [-0.3, -0.25) is 9.59 Å². The van der Waals surface area contributed by atoms with Gasteiger partial charge in [0.05, 0.1) is 0 Å². The molecular weight excluding hydrogens is 180 g/mol. The van der Waals surface area contributed by atoms with E-state index in [-0.39, 0.29) is 6.42 Å². The van der Waals surface area contributed by atoms with Crippen molar-refractivity contribution < 1.29 is 14.7 Å². The first-order chi connectivity index (χ1) is 6.77. The van der Waals surface area contributed by atoms with E-state index in [1.807, 2.05) is 18.2 Å². The lowest BCUT2D eigenvalue weighted by Crippen LogP contribution is -1.92. The molecule has 1 N–H and O–H groups in total. The van der Waals surface area contributed by atoms with Crippen molar-refractivity contribution in [3.05, 3.63) is 24.3 Å². The number of carboxylic acids is 1. The van der Waals surface area contributed by atoms with Crippen LogP contribution in [0, 0.1) is 0 Å². The molecule has 0 aromatic heterocycles. The smallest absolute Gasteiger partial charge is 0.303 e. The molecule has 0 saturated carbocycles. The van der Waals surface area contributed by atoms with E-state index < -0.39 is 5.97 Å². The third-order valence-electron chi connectivity index (χ3n) is 1.64. The SMILES string of the molecule is O=C/C=C/CC/C=C\CCCC(=O)O. The highest BCUT2D eigenvalue weighted by Crippen LogP contribution is 1.99. The zero-order valence-corrected chi connectivity index (χ0v) is 8.19. The summed E-state index contributed by atoms with van der Waals surface area (Å²) in [6.45, 7) is 0. The van der Waals surface area contributed by atoms with Gasteiger partial charge < -0.3 is 5.11 Å². The van der Waals surface area contributed by atoms with Crippen LogP contribution in [0.5, 0.6) is 0 Å². The summed E-state index contributed by atoms with van der Waals surface area (Å²) >= 11 is 0. The molecule has 3 nitrogen and oxygen atoms in total. The second-order valence-electron chi connectivity index (χ2n) is 2.90. The minimum atomic E-state index is -0.743. The molecule has 0 aromatic rings. The number of rotatable bonds is 8. The summed E-state index contributed by atoms with van der Waals surface area (Å²) in [5, 5.41) is 8.35. The van der Waals surface area contributed by atoms with Crippen molar-refractivity contribution in [2.45, 2.75) is 32.1 Å². The first-order valence-electron chi connectivity index (χ1n) is 4.74. The average molecular weight is 196 g/mol. The van der Waals surface area contributed by atoms with Gasteiger partial charge in [-0.15, -0.1) is 0 Å². The molecule has 0 bridgehead atoms. The molecule has 0 atom stereocenters. The van der Waals surface area contributed by atoms with Gasteiger partial charge >= 0.3 is 5.97 Å². The van der Waals surface area contributed by atoms with Crippen LogP contribution in [0.4, 0.5) is 0 Å². The van der Waals surface area contributed by atoms with Gasteiger partial charge in [0.15, 0.2) is 0 Å². The molecule has 0 amide bonds. The molecule has 0 saturated heterocycles. The van der Waals surface area contributed by atoms with E-state index in [0.29, 0.717) is 6.42 Å². The number of carbonyl (C=O) groups is 2. The quantitative estimate of drug-likeness (QED) is 0.280. The van der Waals surface area contributed by atoms with Gasteiger partial charge in [0, 0.05) is 6.42 Å². The largest absolute Gasteiger partial charge is 0.481 e. The van der Waals surface area contributed by atoms with E-state index in [1.165, 1.54) is 6.08 Å². The minimum absolute atomic E-state index is 0.232. The standard InChI is InChI=1S/C11H16O3/c12-10-8-6-4-2-1-3-5-7-9-11(13)14/h1,3,6,8,10H,2,4-5,7,9H2,(H,13,14)/b3-1-,8-6+. The molecule has 0 radical (unpaired) electrons. The lowest BCUT2D eigenvalue weighted by Gasteiger charge is -1.90. The van der Waals surface area contributed by atoms with Gasteiger partial charge in [-0.2, -0.15) is 0 Å². The second-order valence-corrected chi connectivity index (χ2v) is 2.90. The molecule has 0 heterocycles. The zero-order valence-electron chi connectivity index (χ0n) is 8.19. The van der Waals surface area contributed by atoms with Gasteiger partial charge in [-0.25, -0.2) is 0 Å². The summed E-state index contributed by atoms with van der Waals surface area (Å²) in [5.41, 5.74) is 0. The molecular formula is C11H16O3. The fourth-order valence-corrected chi connectivity index (χ4v) is 0.951. The molecule has 0 fully saturated rings. The molecule has 3 heteroatoms. The number of allylic oxidation sites excluding steroid dienone is 4. The molecule has 0 aliphatic heterocycles. The highest BCUT2D eigenvalue weighted by Gasteiger charge is 1.92. The van der Waals surface area contributed by atoms with Gasteiger partial charge in [0.2, 0.25) is 0 Å². The Morgan fingerprint density at radius 3 is 2.36 bits per heavy atom. The summed E-state index contributed by atoms with van der Waals surface area (Å²) in [5.74, 6) is -0.743. The Morgan fingerprint density at radius 2 is 1.71 bits per heavy atom. The Labute approximate surface area is 84.1 Å². The first kappa shape index (κ1) is 12.6. The fourth-order valence-electron chi connectivity index (χ4n) is 0.951. The van der Waals surface area contributed by atoms with Crippen LogP contribution >= 0.6 is 0 Å². The third kappa shape index (κ3) is 10.6. The monoisotopic (exact) mass is 196 g/mol. The first-order valence-corrected chi connectivity index (χ1v) is 4.74. The Bertz CT molecular complexity index is 217. The number of unbranched alkanes of at least 4 members (excludes halogenated alkanes) is 2. The van der Waals surface area contributed by atoms with Crippen molar-refractivity contribution in [2.75, 3.05) is 0 Å². The Morgan fingerprint density at radius 1 is 1.07 bits per heavy atom. The molecule has 14 heavy (non-hydrogen) atoms. The summed E-state index contributed by atoms with van der Waals surface area (Å²) < 4.78 is 0. The molecule has 0 aliphatic carbocycles. The molecule has 0 aromatic carbocycles. The highest BCUT2D eigenvalue weighted by molar-refractivity contribution is 5.66. The normalized spacial score (nSPS) is 11.1. The highest BCUT2D eigenvalue weighted by atomic mass is 16.4. The maximum atomic E-state index is 10.1. The van der Waals surface area contributed by atoms with Crippen molar-refractivity contribution in [1.82, 2.24) is 0 Å². The van der Waals surface area contributed by atoms with E-state index in [2.05, 4.69) is 0 Å². The van der Waals surface area contributed by atoms with Crippen LogP contribution in [0.15, 0.2) is 24.3 Å². The Balaban J connectivity index is 3.23. The van der Waals surface area contributed by atoms with Crippen molar-refractivity contribution >= 4 is 12.3 Å². The van der Waals surface area contributed by atoms with Crippen molar-refractivity contribution in [2.24, 2.45) is 0 Å². The van der Waals surface area contributed by atoms with Gasteiger partial charge in [0.1, 0.15) is 6.29 Å². The van der Waals surface area contributed by atoms with Crippen molar-refractivity contribution in [1.29, 1.82) is 0 Å². The third-order valence-corrected chi connectivity index (χ3v) is 1.64. The van der Waals surface area contributed by atoms with Crippen LogP contribution in [0.3, 0.4) is 0 Å². The summed E-state index contributed by atoms with van der Waals surface area (Å²) in [6, 6.07) is 0. The number of aldehydes is 1. The van der Waals surface area contributed by atoms with E-state index in [4.69, 9.17) is 5.11 Å². The van der Waals surface area contributed by atoms with Crippen LogP contribution < -0.4 is 0 Å². The zero-order chi connectivity index (χ0) is 10.6. The van der Waals surface area contributed by atoms with Crippen LogP contribution in [-0.4, -0.2) is 17.4 Å². The summed E-state index contributed by atoms with van der Waals surface area (Å²) in [4.78, 5) is 20.0. The average Bonchev–Trinajstić information content (AvgIpc) is 2.15. The number of hydrogen-bond acceptors (Lipinski definition) is 2. The Hall–Kier alpha value is -1.38. The van der Waals surface area contributed by atoms with Crippen molar-refractivity contribution in [3.63, 3.8) is 0 Å². The molecule has 78 valence electrons. The molecule has 0 unspecified atom stereocenters. The van der Waals surface area contributed by atoms with E-state index >= 15 is 0 Å². The molecule has 0 aliphatic rings. The number of carboxylic acid groups (broad SMARTS) is 1. The van der Waals surface area contributed by atoms with E-state index in [0.717, 1.165) is 25.5 Å². The topological polar surface area (TPSA) is 54.4 Å². The van der Waals surface area contributed by atoms with Gasteiger partial charge in [-0.1, -0.05) is 18.2 Å². The van der Waals surface area contributed by atoms with Crippen LogP contribution in [0.1, 0.15) is 32.1 Å². The fraction of sp³-hybridized carbons (Fsp3) is 0.455. The summed E-state index contributed by atoms with van der Waals surface area (Å²) in [7, 11) is 0. The summed E-state index contributed by atoms with van der Waals surface area (Å²) in [6.07, 6.45) is 11.5. The predicted octanol–water partition coefficient (Wildman–Crippen LogP) is 2.33. The van der Waals surface area contributed by atoms with Crippen LogP contribution in [0.2, 0.25) is 0 Å². The van der Waals surface area contributed by atoms with Gasteiger partial charge in [-0.05, 0) is 31.8 Å². The number of hydrogen-bond donors (Lipinski definition) is 1. The molecule has 0 spiro atoms. The van der Waals surface area contributed by atoms with Crippen LogP contribution in [-0.2, 0) is 9.59 Å². The van der Waals surface area contributed by atoms with Gasteiger partial charge in [0.25, 0.3) is 0 Å². The maximum absolute atomic E-state index is 10.1. The lowest BCUT2D eigenvalue weighted by atomic mass is 10.2. The lowest BCUT2D eigenvalue weighted by molar-refractivity contribution is -0.137. The van der Waals surface area contributed by atoms with Crippen LogP contribution in [0.25, 0.3) is 0 Å². The van der Waals surface area contributed by atoms with E-state index in [1.54, 1.807) is 0 Å².